The highest BCUT2D eigenvalue weighted by atomic mass is 16.6. The van der Waals surface area contributed by atoms with E-state index in [1.807, 2.05) is 69.2 Å². The Hall–Kier alpha value is -2.34. The van der Waals surface area contributed by atoms with Crippen molar-refractivity contribution in [2.75, 3.05) is 11.9 Å². The molecule has 2 N–H and O–H groups in total. The lowest BCUT2D eigenvalue weighted by molar-refractivity contribution is 0.0636. The van der Waals surface area contributed by atoms with E-state index in [-0.39, 0.29) is 6.04 Å². The molecule has 1 aromatic heterocycles. The van der Waals surface area contributed by atoms with Crippen LogP contribution in [0.4, 0.5) is 10.5 Å². The predicted molar refractivity (Wildman–Crippen MR) is 99.6 cm³/mol. The Labute approximate surface area is 149 Å². The zero-order chi connectivity index (χ0) is 18.4. The van der Waals surface area contributed by atoms with E-state index in [4.69, 9.17) is 4.74 Å². The largest absolute Gasteiger partial charge is 0.444 e. The minimum absolute atomic E-state index is 0.266. The first kappa shape index (κ1) is 19.0. The number of anilines is 1. The maximum absolute atomic E-state index is 11.7. The van der Waals surface area contributed by atoms with E-state index in [0.717, 1.165) is 18.7 Å². The summed E-state index contributed by atoms with van der Waals surface area (Å²) in [5, 5.41) is 10.4. The second-order valence-corrected chi connectivity index (χ2v) is 7.20. The van der Waals surface area contributed by atoms with E-state index in [9.17, 15) is 4.79 Å². The first-order valence-corrected chi connectivity index (χ1v) is 8.54. The number of benzene rings is 1. The molecular weight excluding hydrogens is 316 g/mol. The van der Waals surface area contributed by atoms with Crippen LogP contribution in [0.5, 0.6) is 0 Å². The number of aryl methyl sites for hydroxylation is 1. The molecule has 2 aromatic rings. The van der Waals surface area contributed by atoms with Gasteiger partial charge in [-0.2, -0.15) is 5.10 Å². The number of nitrogens with zero attached hydrogens (tertiary/aromatic N) is 2. The van der Waals surface area contributed by atoms with E-state index in [1.54, 1.807) is 0 Å². The molecule has 136 valence electrons. The number of carbonyl (C=O) groups is 1. The van der Waals surface area contributed by atoms with Crippen LogP contribution >= 0.6 is 0 Å². The molecule has 1 aromatic carbocycles. The molecule has 1 atom stereocenters. The molecule has 0 aliphatic rings. The van der Waals surface area contributed by atoms with Gasteiger partial charge in [-0.25, -0.2) is 4.79 Å². The summed E-state index contributed by atoms with van der Waals surface area (Å²) in [4.78, 5) is 11.7. The smallest absolute Gasteiger partial charge is 0.412 e. The average Bonchev–Trinajstić information content (AvgIpc) is 2.93. The average molecular weight is 344 g/mol. The fourth-order valence-electron chi connectivity index (χ4n) is 2.39. The van der Waals surface area contributed by atoms with Crippen molar-refractivity contribution in [1.82, 2.24) is 15.1 Å². The van der Waals surface area contributed by atoms with E-state index >= 15 is 0 Å². The highest BCUT2D eigenvalue weighted by molar-refractivity contribution is 5.84. The third kappa shape index (κ3) is 6.58. The highest BCUT2D eigenvalue weighted by Gasteiger charge is 2.16. The molecule has 0 saturated heterocycles. The van der Waals surface area contributed by atoms with E-state index in [2.05, 4.69) is 22.7 Å². The van der Waals surface area contributed by atoms with Crippen LogP contribution in [0.25, 0.3) is 0 Å². The minimum Gasteiger partial charge on any atom is -0.444 e. The summed E-state index contributed by atoms with van der Waals surface area (Å²) >= 11 is 0. The van der Waals surface area contributed by atoms with Crippen molar-refractivity contribution in [1.29, 1.82) is 0 Å². The van der Waals surface area contributed by atoms with E-state index < -0.39 is 11.7 Å². The number of aromatic nitrogens is 2. The van der Waals surface area contributed by atoms with Crippen LogP contribution in [0, 0.1) is 0 Å². The molecule has 0 saturated carbocycles. The summed E-state index contributed by atoms with van der Waals surface area (Å²) in [6, 6.07) is 8.08. The Bertz CT molecular complexity index is 686. The molecule has 25 heavy (non-hydrogen) atoms. The van der Waals surface area contributed by atoms with Gasteiger partial charge in [0.2, 0.25) is 0 Å². The number of hydrogen-bond donors (Lipinski definition) is 2. The zero-order valence-corrected chi connectivity index (χ0v) is 15.7. The molecule has 6 nitrogen and oxygen atoms in total. The molecule has 0 aliphatic heterocycles. The molecule has 1 heterocycles. The maximum Gasteiger partial charge on any atom is 0.412 e. The SMILES string of the molecule is C[C@@H](NCCc1ccc(NC(=O)OC(C)(C)C)cc1)c1cnn(C)c1. The molecule has 6 heteroatoms. The van der Waals surface area contributed by atoms with Gasteiger partial charge in [-0.1, -0.05) is 12.1 Å². The third-order valence-corrected chi connectivity index (χ3v) is 3.69. The highest BCUT2D eigenvalue weighted by Crippen LogP contribution is 2.14. The van der Waals surface area contributed by atoms with Gasteiger partial charge in [-0.15, -0.1) is 0 Å². The third-order valence-electron chi connectivity index (χ3n) is 3.69. The lowest BCUT2D eigenvalue weighted by atomic mass is 10.1. The zero-order valence-electron chi connectivity index (χ0n) is 15.7. The quantitative estimate of drug-likeness (QED) is 0.839. The van der Waals surface area contributed by atoms with Gasteiger partial charge in [-0.05, 0) is 58.4 Å². The number of nitrogens with one attached hydrogen (secondary N) is 2. The Balaban J connectivity index is 1.77. The summed E-state index contributed by atoms with van der Waals surface area (Å²) in [6.45, 7) is 8.53. The van der Waals surface area contributed by atoms with Crippen LogP contribution in [-0.2, 0) is 18.2 Å². The van der Waals surface area contributed by atoms with Crippen molar-refractivity contribution in [3.8, 4) is 0 Å². The van der Waals surface area contributed by atoms with Crippen LogP contribution in [0.1, 0.15) is 44.9 Å². The summed E-state index contributed by atoms with van der Waals surface area (Å²) in [7, 11) is 1.92. The van der Waals surface area contributed by atoms with Crippen molar-refractivity contribution in [3.63, 3.8) is 0 Å². The molecule has 0 spiro atoms. The Kier molecular flexibility index (Phi) is 6.20. The standard InChI is InChI=1S/C19H28N4O2/c1-14(16-12-21-23(5)13-16)20-11-10-15-6-8-17(9-7-15)22-18(24)25-19(2,3)4/h6-9,12-14,20H,10-11H2,1-5H3,(H,22,24)/t14-/m1/s1. The van der Waals surface area contributed by atoms with Crippen LogP contribution in [0.2, 0.25) is 0 Å². The number of amides is 1. The summed E-state index contributed by atoms with van der Waals surface area (Å²) in [5.41, 5.74) is 2.62. The summed E-state index contributed by atoms with van der Waals surface area (Å²) in [6.07, 6.45) is 4.38. The van der Waals surface area contributed by atoms with Crippen molar-refractivity contribution < 1.29 is 9.53 Å². The van der Waals surface area contributed by atoms with Gasteiger partial charge < -0.3 is 10.1 Å². The first-order chi connectivity index (χ1) is 11.7. The summed E-state index contributed by atoms with van der Waals surface area (Å²) in [5.74, 6) is 0. The first-order valence-electron chi connectivity index (χ1n) is 8.54. The lowest BCUT2D eigenvalue weighted by Crippen LogP contribution is -2.27. The number of rotatable bonds is 6. The van der Waals surface area contributed by atoms with E-state index in [1.165, 1.54) is 11.1 Å². The van der Waals surface area contributed by atoms with Gasteiger partial charge in [0.05, 0.1) is 6.20 Å². The topological polar surface area (TPSA) is 68.2 Å². The van der Waals surface area contributed by atoms with Gasteiger partial charge >= 0.3 is 6.09 Å². The molecule has 1 amide bonds. The van der Waals surface area contributed by atoms with Gasteiger partial charge in [0.25, 0.3) is 0 Å². The Morgan fingerprint density at radius 3 is 2.52 bits per heavy atom. The number of carbonyl (C=O) groups excluding carboxylic acids is 1. The monoisotopic (exact) mass is 344 g/mol. The molecule has 0 unspecified atom stereocenters. The molecule has 0 radical (unpaired) electrons. The molecule has 0 bridgehead atoms. The molecule has 0 fully saturated rings. The van der Waals surface area contributed by atoms with Gasteiger partial charge in [0.15, 0.2) is 0 Å². The molecule has 2 rings (SSSR count). The number of hydrogen-bond acceptors (Lipinski definition) is 4. The van der Waals surface area contributed by atoms with Crippen LogP contribution in [-0.4, -0.2) is 28.0 Å². The molecule has 0 aliphatic carbocycles. The molecular formula is C19H28N4O2. The van der Waals surface area contributed by atoms with E-state index in [0.29, 0.717) is 0 Å². The van der Waals surface area contributed by atoms with Gasteiger partial charge in [0, 0.05) is 30.5 Å². The Morgan fingerprint density at radius 2 is 1.96 bits per heavy atom. The van der Waals surface area contributed by atoms with Crippen molar-refractivity contribution in [2.45, 2.75) is 45.8 Å². The van der Waals surface area contributed by atoms with Crippen molar-refractivity contribution in [3.05, 3.63) is 47.8 Å². The number of ether oxygens (including phenoxy) is 1. The van der Waals surface area contributed by atoms with Crippen LogP contribution in [0.3, 0.4) is 0 Å². The van der Waals surface area contributed by atoms with Crippen molar-refractivity contribution in [2.24, 2.45) is 7.05 Å². The van der Waals surface area contributed by atoms with Crippen molar-refractivity contribution >= 4 is 11.8 Å². The summed E-state index contributed by atoms with van der Waals surface area (Å²) < 4.78 is 7.05. The Morgan fingerprint density at radius 1 is 1.28 bits per heavy atom. The lowest BCUT2D eigenvalue weighted by Gasteiger charge is -2.19. The maximum atomic E-state index is 11.7. The fraction of sp³-hybridized carbons (Fsp3) is 0.474. The normalized spacial score (nSPS) is 12.7. The van der Waals surface area contributed by atoms with Gasteiger partial charge in [0.1, 0.15) is 5.60 Å². The predicted octanol–water partition coefficient (Wildman–Crippen LogP) is 3.66. The van der Waals surface area contributed by atoms with Crippen LogP contribution in [0.15, 0.2) is 36.7 Å². The second kappa shape index (κ2) is 8.16. The van der Waals surface area contributed by atoms with Crippen LogP contribution < -0.4 is 10.6 Å². The minimum atomic E-state index is -0.499. The fourth-order valence-corrected chi connectivity index (χ4v) is 2.39. The van der Waals surface area contributed by atoms with Gasteiger partial charge in [-0.3, -0.25) is 10.00 Å². The second-order valence-electron chi connectivity index (χ2n) is 7.20.